The number of hydrogen-bond acceptors (Lipinski definition) is 6. The summed E-state index contributed by atoms with van der Waals surface area (Å²) in [7, 11) is 0. The van der Waals surface area contributed by atoms with Gasteiger partial charge in [-0.15, -0.1) is 10.2 Å². The average molecular weight is 358 g/mol. The quantitative estimate of drug-likeness (QED) is 0.707. The van der Waals surface area contributed by atoms with E-state index >= 15 is 0 Å². The molecule has 132 valence electrons. The highest BCUT2D eigenvalue weighted by Crippen LogP contribution is 2.28. The molecule has 0 aliphatic carbocycles. The fraction of sp³-hybridized carbons (Fsp3) is 0.444. The number of nitrogens with zero attached hydrogens (tertiary/aromatic N) is 3. The summed E-state index contributed by atoms with van der Waals surface area (Å²) in [6.45, 7) is 8.32. The first kappa shape index (κ1) is 17.5. The predicted octanol–water partition coefficient (Wildman–Crippen LogP) is 4.38. The fourth-order valence-electron chi connectivity index (χ4n) is 2.78. The summed E-state index contributed by atoms with van der Waals surface area (Å²) in [4.78, 5) is 12.3. The summed E-state index contributed by atoms with van der Waals surface area (Å²) in [6, 6.07) is 3.96. The molecular weight excluding hydrogens is 336 g/mol. The second-order valence-corrected chi connectivity index (χ2v) is 7.25. The van der Waals surface area contributed by atoms with Gasteiger partial charge in [0.15, 0.2) is 5.58 Å². The Bertz CT molecular complexity index is 896. The maximum Gasteiger partial charge on any atom is 0.232 e. The van der Waals surface area contributed by atoms with E-state index in [9.17, 15) is 4.79 Å². The van der Waals surface area contributed by atoms with Crippen LogP contribution in [0, 0.1) is 13.8 Å². The molecule has 3 rings (SSSR count). The summed E-state index contributed by atoms with van der Waals surface area (Å²) in [6.07, 6.45) is 2.18. The standard InChI is InChI=1S/C18H22N4O2S/c1-5-12(6-2)17-20-21-18(25-17)19-16(23)9-14-13-7-10(3)11(4)8-15(13)24-22-14/h7-8,12H,5-6,9H2,1-4H3,(H,19,21,23). The number of anilines is 1. The second-order valence-electron chi connectivity index (χ2n) is 6.25. The molecule has 2 heterocycles. The normalized spacial score (nSPS) is 11.4. The molecule has 0 saturated heterocycles. The largest absolute Gasteiger partial charge is 0.356 e. The highest BCUT2D eigenvalue weighted by Gasteiger charge is 2.17. The SMILES string of the molecule is CCC(CC)c1nnc(NC(=O)Cc2noc3cc(C)c(C)cc23)s1. The van der Waals surface area contributed by atoms with E-state index in [4.69, 9.17) is 4.52 Å². The molecule has 0 aliphatic heterocycles. The van der Waals surface area contributed by atoms with Crippen LogP contribution < -0.4 is 5.32 Å². The molecular formula is C18H22N4O2S. The molecule has 0 fully saturated rings. The zero-order chi connectivity index (χ0) is 18.0. The van der Waals surface area contributed by atoms with Crippen LogP contribution in [0.1, 0.15) is 54.4 Å². The van der Waals surface area contributed by atoms with Gasteiger partial charge in [0, 0.05) is 11.3 Å². The fourth-order valence-corrected chi connectivity index (χ4v) is 3.80. The van der Waals surface area contributed by atoms with Crippen LogP contribution >= 0.6 is 11.3 Å². The van der Waals surface area contributed by atoms with E-state index < -0.39 is 0 Å². The monoisotopic (exact) mass is 358 g/mol. The van der Waals surface area contributed by atoms with Crippen LogP contribution in [-0.2, 0) is 11.2 Å². The molecule has 3 aromatic rings. The van der Waals surface area contributed by atoms with Crippen LogP contribution in [0.15, 0.2) is 16.7 Å². The molecule has 2 aromatic heterocycles. The summed E-state index contributed by atoms with van der Waals surface area (Å²) >= 11 is 1.44. The predicted molar refractivity (Wildman–Crippen MR) is 99.0 cm³/mol. The van der Waals surface area contributed by atoms with Crippen LogP contribution in [0.4, 0.5) is 5.13 Å². The molecule has 7 heteroatoms. The molecule has 25 heavy (non-hydrogen) atoms. The lowest BCUT2D eigenvalue weighted by Crippen LogP contribution is -2.14. The van der Waals surface area contributed by atoms with Gasteiger partial charge in [-0.05, 0) is 49.9 Å². The van der Waals surface area contributed by atoms with E-state index in [1.165, 1.54) is 11.3 Å². The van der Waals surface area contributed by atoms with Crippen LogP contribution in [0.3, 0.4) is 0 Å². The number of amides is 1. The number of aromatic nitrogens is 3. The summed E-state index contributed by atoms with van der Waals surface area (Å²) in [5, 5.41) is 17.5. The van der Waals surface area contributed by atoms with Crippen LogP contribution in [-0.4, -0.2) is 21.3 Å². The summed E-state index contributed by atoms with van der Waals surface area (Å²) in [5.41, 5.74) is 3.64. The minimum atomic E-state index is -0.166. The molecule has 1 N–H and O–H groups in total. The minimum absolute atomic E-state index is 0.148. The Morgan fingerprint density at radius 3 is 2.64 bits per heavy atom. The van der Waals surface area contributed by atoms with E-state index in [-0.39, 0.29) is 12.3 Å². The molecule has 0 unspecified atom stereocenters. The van der Waals surface area contributed by atoms with Crippen LogP contribution in [0.5, 0.6) is 0 Å². The van der Waals surface area contributed by atoms with Crippen molar-refractivity contribution in [2.45, 2.75) is 52.9 Å². The van der Waals surface area contributed by atoms with Crippen molar-refractivity contribution in [3.63, 3.8) is 0 Å². The maximum absolute atomic E-state index is 12.3. The van der Waals surface area contributed by atoms with Crippen molar-refractivity contribution in [1.29, 1.82) is 0 Å². The van der Waals surface area contributed by atoms with Gasteiger partial charge in [-0.3, -0.25) is 4.79 Å². The van der Waals surface area contributed by atoms with Gasteiger partial charge < -0.3 is 9.84 Å². The number of rotatable bonds is 6. The molecule has 0 saturated carbocycles. The molecule has 0 atom stereocenters. The van der Waals surface area contributed by atoms with Crippen LogP contribution in [0.25, 0.3) is 11.0 Å². The Morgan fingerprint density at radius 2 is 1.92 bits per heavy atom. The van der Waals surface area contributed by atoms with E-state index in [0.29, 0.717) is 22.3 Å². The Labute approximate surface area is 150 Å². The van der Waals surface area contributed by atoms with Gasteiger partial charge >= 0.3 is 0 Å². The Morgan fingerprint density at radius 1 is 1.20 bits per heavy atom. The third-order valence-electron chi connectivity index (χ3n) is 4.51. The van der Waals surface area contributed by atoms with Crippen molar-refractivity contribution in [3.05, 3.63) is 34.0 Å². The molecule has 0 aliphatic rings. The number of nitrogens with one attached hydrogen (secondary N) is 1. The lowest BCUT2D eigenvalue weighted by Gasteiger charge is -2.05. The zero-order valence-corrected chi connectivity index (χ0v) is 15.7. The van der Waals surface area contributed by atoms with E-state index in [1.807, 2.05) is 26.0 Å². The van der Waals surface area contributed by atoms with Gasteiger partial charge in [-0.1, -0.05) is 30.3 Å². The lowest BCUT2D eigenvalue weighted by molar-refractivity contribution is -0.115. The van der Waals surface area contributed by atoms with Gasteiger partial charge in [0.1, 0.15) is 10.7 Å². The molecule has 6 nitrogen and oxygen atoms in total. The van der Waals surface area contributed by atoms with E-state index in [2.05, 4.69) is 34.5 Å². The summed E-state index contributed by atoms with van der Waals surface area (Å²) < 4.78 is 5.35. The average Bonchev–Trinajstić information content (AvgIpc) is 3.18. The van der Waals surface area contributed by atoms with Gasteiger partial charge in [-0.2, -0.15) is 0 Å². The smallest absolute Gasteiger partial charge is 0.232 e. The number of carbonyl (C=O) groups is 1. The van der Waals surface area contributed by atoms with Crippen molar-refractivity contribution in [2.75, 3.05) is 5.32 Å². The summed E-state index contributed by atoms with van der Waals surface area (Å²) in [5.74, 6) is 0.231. The van der Waals surface area contributed by atoms with Crippen LogP contribution in [0.2, 0.25) is 0 Å². The Balaban J connectivity index is 1.72. The Hall–Kier alpha value is -2.28. The Kier molecular flexibility index (Phi) is 5.13. The molecule has 1 amide bonds. The van der Waals surface area contributed by atoms with Gasteiger partial charge in [0.2, 0.25) is 11.0 Å². The highest BCUT2D eigenvalue weighted by molar-refractivity contribution is 7.15. The van der Waals surface area contributed by atoms with Crippen molar-refractivity contribution in [1.82, 2.24) is 15.4 Å². The van der Waals surface area contributed by atoms with Crippen molar-refractivity contribution < 1.29 is 9.32 Å². The topological polar surface area (TPSA) is 80.9 Å². The number of fused-ring (bicyclic) bond motifs is 1. The van der Waals surface area contributed by atoms with Crippen molar-refractivity contribution in [2.24, 2.45) is 0 Å². The molecule has 0 radical (unpaired) electrons. The molecule has 0 spiro atoms. The van der Waals surface area contributed by atoms with Gasteiger partial charge in [0.25, 0.3) is 0 Å². The maximum atomic E-state index is 12.3. The molecule has 0 bridgehead atoms. The van der Waals surface area contributed by atoms with Crippen molar-refractivity contribution in [3.8, 4) is 0 Å². The van der Waals surface area contributed by atoms with Crippen molar-refractivity contribution >= 4 is 33.3 Å². The minimum Gasteiger partial charge on any atom is -0.356 e. The number of carbonyl (C=O) groups excluding carboxylic acids is 1. The second kappa shape index (κ2) is 7.31. The van der Waals surface area contributed by atoms with Gasteiger partial charge in [-0.25, -0.2) is 0 Å². The van der Waals surface area contributed by atoms with E-state index in [1.54, 1.807) is 0 Å². The number of aryl methyl sites for hydroxylation is 2. The first-order chi connectivity index (χ1) is 12.0. The zero-order valence-electron chi connectivity index (χ0n) is 14.9. The first-order valence-corrected chi connectivity index (χ1v) is 9.32. The van der Waals surface area contributed by atoms with E-state index in [0.717, 1.165) is 34.4 Å². The highest BCUT2D eigenvalue weighted by atomic mass is 32.1. The lowest BCUT2D eigenvalue weighted by atomic mass is 10.1. The molecule has 1 aromatic carbocycles. The third kappa shape index (κ3) is 3.71. The number of benzene rings is 1. The number of hydrogen-bond donors (Lipinski definition) is 1. The first-order valence-electron chi connectivity index (χ1n) is 8.50. The van der Waals surface area contributed by atoms with Gasteiger partial charge in [0.05, 0.1) is 6.42 Å². The third-order valence-corrected chi connectivity index (χ3v) is 5.51.